The number of allylic oxidation sites excluding steroid dienone is 2. The summed E-state index contributed by atoms with van der Waals surface area (Å²) in [5.74, 6) is 6.67. The van der Waals surface area contributed by atoms with Crippen molar-refractivity contribution in [3.63, 3.8) is 0 Å². The number of hydrogen-bond acceptors (Lipinski definition) is 6. The van der Waals surface area contributed by atoms with Gasteiger partial charge in [-0.2, -0.15) is 0 Å². The van der Waals surface area contributed by atoms with Gasteiger partial charge < -0.3 is 24.8 Å². The highest BCUT2D eigenvalue weighted by atomic mass is 16.6. The Balaban J connectivity index is 1.14. The maximum absolute atomic E-state index is 12.7. The van der Waals surface area contributed by atoms with Crippen LogP contribution in [0, 0.1) is 45.3 Å². The Bertz CT molecular complexity index is 1120. The molecule has 8 heteroatoms. The number of hydrogen-bond donors (Lipinski definition) is 2. The molecule has 2 saturated carbocycles. The second kappa shape index (κ2) is 13.5. The van der Waals surface area contributed by atoms with Crippen molar-refractivity contribution in [2.24, 2.45) is 33.5 Å². The van der Waals surface area contributed by atoms with Gasteiger partial charge in [-0.25, -0.2) is 14.4 Å². The third-order valence-corrected chi connectivity index (χ3v) is 12.2. The zero-order valence-electron chi connectivity index (χ0n) is 27.4. The quantitative estimate of drug-likeness (QED) is 0.0831. The SMILES string of the molecule is CCOC(=O)[C@@H](CCCCNC(=O)OC[C@@H]1[C@]2(C)CCC(C)=CCC[C@]12C)NC(=O)OCC1[C@]2(C)CCC#CCC[C@]12C. The molecule has 1 unspecified atom stereocenters. The van der Waals surface area contributed by atoms with Crippen molar-refractivity contribution >= 4 is 18.2 Å². The van der Waals surface area contributed by atoms with Crippen LogP contribution in [0.5, 0.6) is 0 Å². The summed E-state index contributed by atoms with van der Waals surface area (Å²) in [5, 5.41) is 5.57. The van der Waals surface area contributed by atoms with Gasteiger partial charge in [0.2, 0.25) is 0 Å². The molecule has 4 rings (SSSR count). The largest absolute Gasteiger partial charge is 0.464 e. The molecule has 4 aliphatic rings. The molecular formula is C35H54N2O6. The van der Waals surface area contributed by atoms with Crippen molar-refractivity contribution in [1.29, 1.82) is 0 Å². The van der Waals surface area contributed by atoms with E-state index in [0.717, 1.165) is 51.4 Å². The minimum atomic E-state index is -0.794. The minimum Gasteiger partial charge on any atom is -0.464 e. The predicted molar refractivity (Wildman–Crippen MR) is 166 cm³/mol. The monoisotopic (exact) mass is 598 g/mol. The van der Waals surface area contributed by atoms with Gasteiger partial charge in [-0.15, -0.1) is 11.8 Å². The Morgan fingerprint density at radius 3 is 2.07 bits per heavy atom. The molecule has 240 valence electrons. The van der Waals surface area contributed by atoms with Gasteiger partial charge in [-0.1, -0.05) is 39.3 Å². The summed E-state index contributed by atoms with van der Waals surface area (Å²) in [6, 6.07) is -0.794. The van der Waals surface area contributed by atoms with E-state index in [2.05, 4.69) is 63.2 Å². The van der Waals surface area contributed by atoms with Crippen LogP contribution in [-0.2, 0) is 19.0 Å². The first-order chi connectivity index (χ1) is 20.4. The molecule has 2 amide bonds. The molecule has 0 radical (unpaired) electrons. The highest BCUT2D eigenvalue weighted by Gasteiger charge is 2.70. The molecule has 4 aliphatic carbocycles. The molecule has 8 nitrogen and oxygen atoms in total. The predicted octanol–water partition coefficient (Wildman–Crippen LogP) is 6.92. The molecule has 2 fully saturated rings. The van der Waals surface area contributed by atoms with Crippen molar-refractivity contribution in [2.45, 2.75) is 118 Å². The zero-order valence-corrected chi connectivity index (χ0v) is 27.4. The van der Waals surface area contributed by atoms with Gasteiger partial charge in [-0.3, -0.25) is 0 Å². The lowest BCUT2D eigenvalue weighted by atomic mass is 9.85. The van der Waals surface area contributed by atoms with Gasteiger partial charge in [0.1, 0.15) is 6.04 Å². The van der Waals surface area contributed by atoms with Crippen LogP contribution in [0.3, 0.4) is 0 Å². The molecule has 0 aromatic carbocycles. The van der Waals surface area contributed by atoms with Gasteiger partial charge in [-0.05, 0) is 93.3 Å². The van der Waals surface area contributed by atoms with Crippen LogP contribution < -0.4 is 10.6 Å². The molecule has 0 aromatic rings. The minimum absolute atomic E-state index is 0.124. The summed E-state index contributed by atoms with van der Waals surface area (Å²) < 4.78 is 16.5. The van der Waals surface area contributed by atoms with E-state index >= 15 is 0 Å². The molecule has 43 heavy (non-hydrogen) atoms. The lowest BCUT2D eigenvalue weighted by molar-refractivity contribution is -0.145. The first-order valence-electron chi connectivity index (χ1n) is 16.5. The van der Waals surface area contributed by atoms with E-state index in [-0.39, 0.29) is 34.2 Å². The highest BCUT2D eigenvalue weighted by molar-refractivity contribution is 5.81. The summed E-state index contributed by atoms with van der Waals surface area (Å²) in [4.78, 5) is 37.7. The molecule has 2 N–H and O–H groups in total. The number of carbonyl (C=O) groups excluding carboxylic acids is 3. The summed E-state index contributed by atoms with van der Waals surface area (Å²) in [6.07, 6.45) is 11.3. The summed E-state index contributed by atoms with van der Waals surface area (Å²) in [5.41, 5.74) is 2.16. The molecule has 0 heterocycles. The second-order valence-electron chi connectivity index (χ2n) is 14.3. The first kappa shape index (κ1) is 33.2. The number of unbranched alkanes of at least 4 members (excludes halogenated alkanes) is 1. The fraction of sp³-hybridized carbons (Fsp3) is 0.800. The number of alkyl carbamates (subject to hydrolysis) is 2. The number of rotatable bonds is 12. The maximum Gasteiger partial charge on any atom is 0.407 e. The molecule has 0 saturated heterocycles. The number of esters is 1. The van der Waals surface area contributed by atoms with Gasteiger partial charge in [0.15, 0.2) is 0 Å². The number of amides is 2. The normalized spacial score (nSPS) is 34.9. The van der Waals surface area contributed by atoms with Crippen LogP contribution in [0.25, 0.3) is 0 Å². The van der Waals surface area contributed by atoms with E-state index in [1.165, 1.54) is 5.57 Å². The first-order valence-corrected chi connectivity index (χ1v) is 16.5. The Morgan fingerprint density at radius 2 is 1.44 bits per heavy atom. The third kappa shape index (κ3) is 7.02. The Hall–Kier alpha value is -2.69. The zero-order chi connectivity index (χ0) is 31.3. The molecule has 0 aliphatic heterocycles. The lowest BCUT2D eigenvalue weighted by Crippen LogP contribution is -2.42. The second-order valence-corrected chi connectivity index (χ2v) is 14.3. The van der Waals surface area contributed by atoms with Crippen LogP contribution in [0.1, 0.15) is 112 Å². The van der Waals surface area contributed by atoms with Crippen molar-refractivity contribution in [1.82, 2.24) is 10.6 Å². The van der Waals surface area contributed by atoms with E-state index in [0.29, 0.717) is 44.9 Å². The summed E-state index contributed by atoms with van der Waals surface area (Å²) >= 11 is 0. The summed E-state index contributed by atoms with van der Waals surface area (Å²) in [7, 11) is 0. The van der Waals surface area contributed by atoms with Gasteiger partial charge in [0.05, 0.1) is 19.8 Å². The molecule has 0 aromatic heterocycles. The van der Waals surface area contributed by atoms with E-state index < -0.39 is 24.2 Å². The van der Waals surface area contributed by atoms with Gasteiger partial charge >= 0.3 is 18.2 Å². The van der Waals surface area contributed by atoms with Crippen molar-refractivity contribution in [3.05, 3.63) is 11.6 Å². The van der Waals surface area contributed by atoms with Crippen LogP contribution >= 0.6 is 0 Å². The standard InChI is InChI=1S/C35H54N2O6/c1-7-41-29(38)26(37-31(40)43-24-27-32(3)18-11-8-9-12-19-33(27,32)4)16-10-13-22-36-30(39)42-23-28-34(5)20-14-15-25(2)17-21-35(28,34)6/h15,26-28H,7,10-14,16-24H2,1-6H3,(H,36,39)(H,37,40)/t26-,27?,28+,32-,33+,34-,35+/m1/s1. The Kier molecular flexibility index (Phi) is 10.4. The van der Waals surface area contributed by atoms with Crippen LogP contribution in [0.15, 0.2) is 11.6 Å². The van der Waals surface area contributed by atoms with Crippen LogP contribution in [0.2, 0.25) is 0 Å². The average molecular weight is 599 g/mol. The number of carbonyl (C=O) groups is 3. The van der Waals surface area contributed by atoms with Crippen molar-refractivity contribution < 1.29 is 28.6 Å². The van der Waals surface area contributed by atoms with E-state index in [1.54, 1.807) is 6.92 Å². The summed E-state index contributed by atoms with van der Waals surface area (Å²) in [6.45, 7) is 14.6. The fourth-order valence-corrected chi connectivity index (χ4v) is 8.43. The molecule has 7 atom stereocenters. The Morgan fingerprint density at radius 1 is 0.860 bits per heavy atom. The Labute approximate surface area is 258 Å². The van der Waals surface area contributed by atoms with Gasteiger partial charge in [0.25, 0.3) is 0 Å². The van der Waals surface area contributed by atoms with E-state index in [4.69, 9.17) is 14.2 Å². The number of fused-ring (bicyclic) bond motifs is 2. The molecule has 0 bridgehead atoms. The van der Waals surface area contributed by atoms with Crippen LogP contribution in [0.4, 0.5) is 9.59 Å². The van der Waals surface area contributed by atoms with E-state index in [1.807, 2.05) is 0 Å². The van der Waals surface area contributed by atoms with E-state index in [9.17, 15) is 14.4 Å². The molecule has 0 spiro atoms. The topological polar surface area (TPSA) is 103 Å². The van der Waals surface area contributed by atoms with Crippen molar-refractivity contribution in [2.75, 3.05) is 26.4 Å². The van der Waals surface area contributed by atoms with Crippen LogP contribution in [-0.4, -0.2) is 50.6 Å². The van der Waals surface area contributed by atoms with Crippen molar-refractivity contribution in [3.8, 4) is 11.8 Å². The average Bonchev–Trinajstić information content (AvgIpc) is 3.61. The maximum atomic E-state index is 12.7. The molecular weight excluding hydrogens is 544 g/mol. The third-order valence-electron chi connectivity index (χ3n) is 12.2. The lowest BCUT2D eigenvalue weighted by Gasteiger charge is -2.20. The fourth-order valence-electron chi connectivity index (χ4n) is 8.43. The highest BCUT2D eigenvalue weighted by Crippen LogP contribution is 2.74. The smallest absolute Gasteiger partial charge is 0.407 e. The number of ether oxygens (including phenoxy) is 3. The number of nitrogens with one attached hydrogen (secondary N) is 2. The van der Waals surface area contributed by atoms with Gasteiger partial charge in [0, 0.05) is 31.2 Å².